The molecule has 19 heavy (non-hydrogen) atoms. The Kier molecular flexibility index (Phi) is 3.80. The lowest BCUT2D eigenvalue weighted by molar-refractivity contribution is -0.117. The molecule has 0 aromatic heterocycles. The van der Waals surface area contributed by atoms with Crippen molar-refractivity contribution in [2.24, 2.45) is 5.41 Å². The second-order valence-electron chi connectivity index (χ2n) is 6.12. The van der Waals surface area contributed by atoms with Crippen LogP contribution in [-0.4, -0.2) is 19.6 Å². The summed E-state index contributed by atoms with van der Waals surface area (Å²) in [6.07, 6.45) is 0.996. The lowest BCUT2D eigenvalue weighted by atomic mass is 9.93. The van der Waals surface area contributed by atoms with Gasteiger partial charge in [-0.15, -0.1) is 0 Å². The van der Waals surface area contributed by atoms with Crippen molar-refractivity contribution in [3.63, 3.8) is 0 Å². The van der Waals surface area contributed by atoms with E-state index in [1.165, 1.54) is 0 Å². The Labute approximate surface area is 114 Å². The fourth-order valence-electron chi connectivity index (χ4n) is 2.09. The van der Waals surface area contributed by atoms with Crippen LogP contribution in [0.4, 0.5) is 5.69 Å². The molecule has 1 atom stereocenters. The molecule has 0 saturated carbocycles. The van der Waals surface area contributed by atoms with Gasteiger partial charge in [0.25, 0.3) is 0 Å². The number of fused-ring (bicyclic) bond motifs is 1. The van der Waals surface area contributed by atoms with Crippen LogP contribution in [0.15, 0.2) is 18.2 Å². The molecule has 104 valence electrons. The molecule has 1 amide bonds. The van der Waals surface area contributed by atoms with E-state index in [0.717, 1.165) is 23.4 Å². The minimum Gasteiger partial charge on any atom is -0.493 e. The van der Waals surface area contributed by atoms with Crippen molar-refractivity contribution in [1.82, 2.24) is 5.32 Å². The molecule has 4 heteroatoms. The van der Waals surface area contributed by atoms with Crippen LogP contribution in [-0.2, 0) is 4.79 Å². The zero-order valence-corrected chi connectivity index (χ0v) is 12.0. The number of rotatable bonds is 4. The van der Waals surface area contributed by atoms with E-state index >= 15 is 0 Å². The Balaban J connectivity index is 2.03. The van der Waals surface area contributed by atoms with Crippen LogP contribution in [0, 0.1) is 5.41 Å². The SMILES string of the molecule is CNC1C(=O)Nc2cc(OCCC(C)(C)C)ccc21. The minimum absolute atomic E-state index is 0.00987. The van der Waals surface area contributed by atoms with Crippen molar-refractivity contribution in [3.05, 3.63) is 23.8 Å². The zero-order valence-electron chi connectivity index (χ0n) is 12.0. The van der Waals surface area contributed by atoms with Gasteiger partial charge in [0.15, 0.2) is 0 Å². The van der Waals surface area contributed by atoms with E-state index in [9.17, 15) is 4.79 Å². The monoisotopic (exact) mass is 262 g/mol. The Morgan fingerprint density at radius 3 is 2.74 bits per heavy atom. The quantitative estimate of drug-likeness (QED) is 0.877. The molecule has 2 N–H and O–H groups in total. The summed E-state index contributed by atoms with van der Waals surface area (Å²) in [6, 6.07) is 5.51. The summed E-state index contributed by atoms with van der Waals surface area (Å²) in [5.41, 5.74) is 2.09. The van der Waals surface area contributed by atoms with E-state index in [1.807, 2.05) is 18.2 Å². The molecule has 1 aromatic rings. The van der Waals surface area contributed by atoms with Gasteiger partial charge in [0.2, 0.25) is 5.91 Å². The molecule has 0 bridgehead atoms. The minimum atomic E-state index is -0.251. The smallest absolute Gasteiger partial charge is 0.246 e. The van der Waals surface area contributed by atoms with Gasteiger partial charge in [-0.1, -0.05) is 26.8 Å². The van der Waals surface area contributed by atoms with Crippen molar-refractivity contribution in [2.45, 2.75) is 33.2 Å². The summed E-state index contributed by atoms with van der Waals surface area (Å²) in [5.74, 6) is 0.796. The van der Waals surface area contributed by atoms with Crippen LogP contribution in [0.3, 0.4) is 0 Å². The van der Waals surface area contributed by atoms with E-state index in [-0.39, 0.29) is 17.4 Å². The molecule has 1 aromatic carbocycles. The Morgan fingerprint density at radius 1 is 1.37 bits per heavy atom. The average Bonchev–Trinajstić information content (AvgIpc) is 2.61. The molecular formula is C15H22N2O2. The van der Waals surface area contributed by atoms with Gasteiger partial charge < -0.3 is 15.4 Å². The molecule has 1 aliphatic rings. The molecule has 1 heterocycles. The molecule has 0 aliphatic carbocycles. The summed E-state index contributed by atoms with van der Waals surface area (Å²) < 4.78 is 5.74. The molecule has 0 saturated heterocycles. The highest BCUT2D eigenvalue weighted by Crippen LogP contribution is 2.33. The second kappa shape index (κ2) is 5.21. The number of carbonyl (C=O) groups is 1. The van der Waals surface area contributed by atoms with Crippen LogP contribution in [0.1, 0.15) is 38.8 Å². The summed E-state index contributed by atoms with van der Waals surface area (Å²) >= 11 is 0. The maximum Gasteiger partial charge on any atom is 0.246 e. The third-order valence-corrected chi connectivity index (χ3v) is 3.27. The molecule has 0 radical (unpaired) electrons. The number of hydrogen-bond donors (Lipinski definition) is 2. The van der Waals surface area contributed by atoms with Gasteiger partial charge >= 0.3 is 0 Å². The molecule has 2 rings (SSSR count). The zero-order chi connectivity index (χ0) is 14.0. The highest BCUT2D eigenvalue weighted by Gasteiger charge is 2.29. The molecule has 1 aliphatic heterocycles. The predicted molar refractivity (Wildman–Crippen MR) is 76.4 cm³/mol. The van der Waals surface area contributed by atoms with Crippen LogP contribution < -0.4 is 15.4 Å². The van der Waals surface area contributed by atoms with E-state index in [2.05, 4.69) is 31.4 Å². The second-order valence-corrected chi connectivity index (χ2v) is 6.12. The number of hydrogen-bond acceptors (Lipinski definition) is 3. The van der Waals surface area contributed by atoms with E-state index in [0.29, 0.717) is 6.61 Å². The summed E-state index contributed by atoms with van der Waals surface area (Å²) in [6.45, 7) is 7.26. The third kappa shape index (κ3) is 3.26. The number of likely N-dealkylation sites (N-methyl/N-ethyl adjacent to an activating group) is 1. The topological polar surface area (TPSA) is 50.4 Å². The lowest BCUT2D eigenvalue weighted by Gasteiger charge is -2.18. The summed E-state index contributed by atoms with van der Waals surface area (Å²) in [7, 11) is 1.78. The molecular weight excluding hydrogens is 240 g/mol. The van der Waals surface area contributed by atoms with Gasteiger partial charge in [0.1, 0.15) is 11.8 Å². The maximum absolute atomic E-state index is 11.7. The average molecular weight is 262 g/mol. The van der Waals surface area contributed by atoms with Crippen molar-refractivity contribution < 1.29 is 9.53 Å². The summed E-state index contributed by atoms with van der Waals surface area (Å²) in [4.78, 5) is 11.7. The van der Waals surface area contributed by atoms with E-state index in [4.69, 9.17) is 4.74 Å². The van der Waals surface area contributed by atoms with Crippen LogP contribution in [0.5, 0.6) is 5.75 Å². The van der Waals surface area contributed by atoms with Gasteiger partial charge in [0, 0.05) is 17.3 Å². The fraction of sp³-hybridized carbons (Fsp3) is 0.533. The van der Waals surface area contributed by atoms with Crippen LogP contribution >= 0.6 is 0 Å². The maximum atomic E-state index is 11.7. The van der Waals surface area contributed by atoms with Crippen LogP contribution in [0.25, 0.3) is 0 Å². The summed E-state index contributed by atoms with van der Waals surface area (Å²) in [5, 5.41) is 5.86. The third-order valence-electron chi connectivity index (χ3n) is 3.27. The number of ether oxygens (including phenoxy) is 1. The van der Waals surface area contributed by atoms with Gasteiger partial charge in [-0.2, -0.15) is 0 Å². The number of nitrogens with one attached hydrogen (secondary N) is 2. The number of amides is 1. The van der Waals surface area contributed by atoms with E-state index < -0.39 is 0 Å². The lowest BCUT2D eigenvalue weighted by Crippen LogP contribution is -2.23. The molecule has 0 fully saturated rings. The van der Waals surface area contributed by atoms with Gasteiger partial charge in [-0.05, 0) is 24.9 Å². The standard InChI is InChI=1S/C15H22N2O2/c1-15(2,3)7-8-19-10-5-6-11-12(9-10)17-14(18)13(11)16-4/h5-6,9,13,16H,7-8H2,1-4H3,(H,17,18). The van der Waals surface area contributed by atoms with Crippen molar-refractivity contribution >= 4 is 11.6 Å². The molecule has 1 unspecified atom stereocenters. The normalized spacial score (nSPS) is 18.1. The Hall–Kier alpha value is -1.55. The largest absolute Gasteiger partial charge is 0.493 e. The fourth-order valence-corrected chi connectivity index (χ4v) is 2.09. The number of benzene rings is 1. The highest BCUT2D eigenvalue weighted by atomic mass is 16.5. The van der Waals surface area contributed by atoms with Crippen molar-refractivity contribution in [3.8, 4) is 5.75 Å². The first-order chi connectivity index (χ1) is 8.90. The van der Waals surface area contributed by atoms with Gasteiger partial charge in [0.05, 0.1) is 6.61 Å². The van der Waals surface area contributed by atoms with Crippen molar-refractivity contribution in [2.75, 3.05) is 19.0 Å². The molecule has 4 nitrogen and oxygen atoms in total. The van der Waals surface area contributed by atoms with Crippen LogP contribution in [0.2, 0.25) is 0 Å². The van der Waals surface area contributed by atoms with Crippen molar-refractivity contribution in [1.29, 1.82) is 0 Å². The number of anilines is 1. The van der Waals surface area contributed by atoms with Gasteiger partial charge in [-0.3, -0.25) is 4.79 Å². The van der Waals surface area contributed by atoms with Gasteiger partial charge in [-0.25, -0.2) is 0 Å². The first-order valence-corrected chi connectivity index (χ1v) is 6.65. The Morgan fingerprint density at radius 2 is 2.11 bits per heavy atom. The predicted octanol–water partition coefficient (Wildman–Crippen LogP) is 2.71. The molecule has 0 spiro atoms. The first kappa shape index (κ1) is 13.9. The number of carbonyl (C=O) groups excluding carboxylic acids is 1. The highest BCUT2D eigenvalue weighted by molar-refractivity contribution is 6.02. The Bertz CT molecular complexity index is 478. The van der Waals surface area contributed by atoms with E-state index in [1.54, 1.807) is 7.05 Å². The first-order valence-electron chi connectivity index (χ1n) is 6.65.